The van der Waals surface area contributed by atoms with E-state index in [0.717, 1.165) is 0 Å². The first kappa shape index (κ1) is 24.1. The van der Waals surface area contributed by atoms with Crippen molar-refractivity contribution in [1.82, 2.24) is 0 Å². The lowest BCUT2D eigenvalue weighted by Crippen LogP contribution is -2.40. The predicted octanol–water partition coefficient (Wildman–Crippen LogP) is 7.36. The standard InChI is InChI=1S/C24H16Cl6O5/c25-14-15(26)21(28)23-7-8(5-6-22(23,20(14)27)24(23,29)30)13-9-1-3-11(31)16(33)18(9)35-19-10(13)2-4-12(32)17(19)34/h1-4,8,20-21,31,33-34H,5-7H2. The first-order valence-corrected chi connectivity index (χ1v) is 13.1. The second-order valence-electron chi connectivity index (χ2n) is 9.49. The van der Waals surface area contributed by atoms with Crippen LogP contribution >= 0.6 is 69.6 Å². The van der Waals surface area contributed by atoms with Crippen LogP contribution in [0.4, 0.5) is 0 Å². The van der Waals surface area contributed by atoms with Crippen molar-refractivity contribution in [3.8, 4) is 28.6 Å². The summed E-state index contributed by atoms with van der Waals surface area (Å²) in [5.74, 6) is -1.87. The second-order valence-corrected chi connectivity index (χ2v) is 12.5. The van der Waals surface area contributed by atoms with Gasteiger partial charge in [0.1, 0.15) is 4.33 Å². The summed E-state index contributed by atoms with van der Waals surface area (Å²) in [6.07, 6.45) is 1.41. The molecule has 2 saturated carbocycles. The van der Waals surface area contributed by atoms with Crippen molar-refractivity contribution in [2.24, 2.45) is 10.8 Å². The number of halogens is 6. The van der Waals surface area contributed by atoms with Crippen LogP contribution < -0.4 is 5.43 Å². The van der Waals surface area contributed by atoms with Crippen molar-refractivity contribution < 1.29 is 19.7 Å². The van der Waals surface area contributed by atoms with Crippen molar-refractivity contribution >= 4 is 80.6 Å². The number of alkyl halides is 4. The first-order chi connectivity index (χ1) is 16.4. The summed E-state index contributed by atoms with van der Waals surface area (Å²) < 4.78 is 4.44. The Labute approximate surface area is 229 Å². The van der Waals surface area contributed by atoms with E-state index in [0.29, 0.717) is 35.8 Å². The Balaban J connectivity index is 1.61. The smallest absolute Gasteiger partial charge is 0.224 e. The van der Waals surface area contributed by atoms with Gasteiger partial charge in [0.15, 0.2) is 17.1 Å². The number of allylic oxidation sites excluding steroid dienone is 2. The molecule has 5 nitrogen and oxygen atoms in total. The lowest BCUT2D eigenvalue weighted by molar-refractivity contribution is 0.213. The Morgan fingerprint density at radius 3 is 2.26 bits per heavy atom. The van der Waals surface area contributed by atoms with Gasteiger partial charge in [-0.1, -0.05) is 23.2 Å². The molecule has 0 aromatic heterocycles. The number of aromatic hydroxyl groups is 3. The molecule has 0 bridgehead atoms. The van der Waals surface area contributed by atoms with Gasteiger partial charge in [-0.25, -0.2) is 0 Å². The number of phenolic OH excluding ortho intramolecular Hbond substituents is 3. The molecule has 5 unspecified atom stereocenters. The number of rotatable bonds is 1. The molecule has 5 atom stereocenters. The van der Waals surface area contributed by atoms with Gasteiger partial charge in [-0.2, -0.15) is 0 Å². The van der Waals surface area contributed by atoms with E-state index < -0.39 is 48.6 Å². The van der Waals surface area contributed by atoms with Gasteiger partial charge in [-0.15, -0.1) is 46.4 Å². The van der Waals surface area contributed by atoms with Gasteiger partial charge in [0, 0.05) is 21.8 Å². The number of fused-ring (bicyclic) bond motifs is 2. The minimum atomic E-state index is -1.31. The fourth-order valence-corrected chi connectivity index (χ4v) is 10.0. The van der Waals surface area contributed by atoms with Crippen LogP contribution in [0.3, 0.4) is 0 Å². The molecule has 5 aliphatic rings. The number of phenols is 3. The third kappa shape index (κ3) is 2.63. The Morgan fingerprint density at radius 2 is 1.57 bits per heavy atom. The minimum Gasteiger partial charge on any atom is -0.504 e. The van der Waals surface area contributed by atoms with Crippen molar-refractivity contribution in [2.75, 3.05) is 0 Å². The summed E-state index contributed by atoms with van der Waals surface area (Å²) in [4.78, 5) is 12.2. The molecule has 1 heterocycles. The van der Waals surface area contributed by atoms with Crippen molar-refractivity contribution in [1.29, 1.82) is 0 Å². The molecule has 1 aromatic rings. The molecule has 0 amide bonds. The van der Waals surface area contributed by atoms with E-state index in [2.05, 4.69) is 0 Å². The number of hydrogen-bond acceptors (Lipinski definition) is 5. The van der Waals surface area contributed by atoms with E-state index in [1.54, 1.807) is 12.1 Å². The highest BCUT2D eigenvalue weighted by Gasteiger charge is 2.92. The molecule has 4 aliphatic carbocycles. The van der Waals surface area contributed by atoms with Crippen LogP contribution in [0.15, 0.2) is 43.5 Å². The number of benzene rings is 2. The molecule has 2 fully saturated rings. The zero-order valence-corrected chi connectivity index (χ0v) is 22.1. The molecule has 0 spiro atoms. The summed E-state index contributed by atoms with van der Waals surface area (Å²) in [5, 5.41) is 30.6. The molecule has 6 rings (SSSR count). The van der Waals surface area contributed by atoms with Gasteiger partial charge in [0.2, 0.25) is 16.9 Å². The van der Waals surface area contributed by atoms with Gasteiger partial charge < -0.3 is 19.7 Å². The summed E-state index contributed by atoms with van der Waals surface area (Å²) >= 11 is 40.5. The molecule has 35 heavy (non-hydrogen) atoms. The first-order valence-electron chi connectivity index (χ1n) is 10.8. The fourth-order valence-electron chi connectivity index (χ4n) is 6.59. The largest absolute Gasteiger partial charge is 0.504 e. The van der Waals surface area contributed by atoms with E-state index in [4.69, 9.17) is 74.0 Å². The Kier molecular flexibility index (Phi) is 5.12. The zero-order chi connectivity index (χ0) is 25.2. The Morgan fingerprint density at radius 1 is 0.914 bits per heavy atom. The predicted molar refractivity (Wildman–Crippen MR) is 138 cm³/mol. The van der Waals surface area contributed by atoms with E-state index in [9.17, 15) is 20.1 Å². The van der Waals surface area contributed by atoms with E-state index >= 15 is 0 Å². The lowest BCUT2D eigenvalue weighted by atomic mass is 9.66. The zero-order valence-electron chi connectivity index (χ0n) is 17.6. The average Bonchev–Trinajstić information content (AvgIpc) is 3.31. The quantitative estimate of drug-likeness (QED) is 0.155. The van der Waals surface area contributed by atoms with Crippen LogP contribution in [0, 0.1) is 10.8 Å². The molecule has 1 aromatic carbocycles. The highest BCUT2D eigenvalue weighted by molar-refractivity contribution is 6.56. The van der Waals surface area contributed by atoms with Crippen LogP contribution in [0.5, 0.6) is 17.2 Å². The topological polar surface area (TPSA) is 90.9 Å². The summed E-state index contributed by atoms with van der Waals surface area (Å²) in [6.45, 7) is 0. The average molecular weight is 597 g/mol. The molecular weight excluding hydrogens is 581 g/mol. The van der Waals surface area contributed by atoms with Crippen LogP contribution in [-0.2, 0) is 0 Å². The molecule has 0 radical (unpaired) electrons. The van der Waals surface area contributed by atoms with Crippen LogP contribution in [0.1, 0.15) is 30.7 Å². The number of hydrogen-bond donors (Lipinski definition) is 3. The van der Waals surface area contributed by atoms with Crippen molar-refractivity contribution in [3.05, 3.63) is 50.1 Å². The molecule has 0 saturated heterocycles. The third-order valence-electron chi connectivity index (χ3n) is 8.25. The minimum absolute atomic E-state index is 0.0659. The molecule has 184 valence electrons. The SMILES string of the molecule is O=c1ccc2c(C3CCC45C(Cl)C(Cl)=C(Cl)C(Cl)C4(C3)C5(Cl)Cl)c3ccc(O)c(O)c3oc-2c1O. The Bertz CT molecular complexity index is 1500. The van der Waals surface area contributed by atoms with Crippen LogP contribution in [-0.4, -0.2) is 30.4 Å². The van der Waals surface area contributed by atoms with Crippen molar-refractivity contribution in [3.63, 3.8) is 0 Å². The molecule has 1 aliphatic heterocycles. The van der Waals surface area contributed by atoms with E-state index in [1.165, 1.54) is 12.1 Å². The molecule has 3 N–H and O–H groups in total. The van der Waals surface area contributed by atoms with Gasteiger partial charge in [-0.05, 0) is 55.0 Å². The normalized spacial score (nSPS) is 33.6. The second kappa shape index (κ2) is 7.43. The van der Waals surface area contributed by atoms with Gasteiger partial charge in [0.05, 0.1) is 20.8 Å². The maximum absolute atomic E-state index is 12.2. The maximum atomic E-state index is 12.2. The summed E-state index contributed by atoms with van der Waals surface area (Å²) in [5.41, 5.74) is -1.23. The van der Waals surface area contributed by atoms with Crippen LogP contribution in [0.2, 0.25) is 0 Å². The third-order valence-corrected chi connectivity index (χ3v) is 11.9. The van der Waals surface area contributed by atoms with Gasteiger partial charge in [-0.3, -0.25) is 4.79 Å². The van der Waals surface area contributed by atoms with E-state index in [-0.39, 0.29) is 27.3 Å². The highest BCUT2D eigenvalue weighted by Crippen LogP contribution is 2.90. The Hall–Kier alpha value is -1.21. The fraction of sp³-hybridized carbons (Fsp3) is 0.375. The summed E-state index contributed by atoms with van der Waals surface area (Å²) in [6, 6.07) is 5.77. The molecule has 11 heteroatoms. The van der Waals surface area contributed by atoms with Gasteiger partial charge >= 0.3 is 0 Å². The lowest BCUT2D eigenvalue weighted by Gasteiger charge is -2.42. The maximum Gasteiger partial charge on any atom is 0.224 e. The molecular formula is C24H16Cl6O5. The summed E-state index contributed by atoms with van der Waals surface area (Å²) in [7, 11) is 0. The van der Waals surface area contributed by atoms with Crippen molar-refractivity contribution in [2.45, 2.75) is 40.3 Å². The van der Waals surface area contributed by atoms with E-state index in [1.807, 2.05) is 0 Å². The van der Waals surface area contributed by atoms with Crippen LogP contribution in [0.25, 0.3) is 22.3 Å². The van der Waals surface area contributed by atoms with Gasteiger partial charge in [0.25, 0.3) is 0 Å². The monoisotopic (exact) mass is 594 g/mol. The highest BCUT2D eigenvalue weighted by atomic mass is 35.5.